The zero-order valence-electron chi connectivity index (χ0n) is 16.4. The van der Waals surface area contributed by atoms with E-state index >= 15 is 0 Å². The molecule has 0 radical (unpaired) electrons. The Balaban J connectivity index is 1.17. The van der Waals surface area contributed by atoms with E-state index in [9.17, 15) is 9.59 Å². The Labute approximate surface area is 162 Å². The first-order valence-electron chi connectivity index (χ1n) is 11.3. The van der Waals surface area contributed by atoms with Crippen LogP contribution in [0.3, 0.4) is 0 Å². The van der Waals surface area contributed by atoms with Crippen LogP contribution in [0.5, 0.6) is 0 Å². The minimum absolute atomic E-state index is 0.00835. The number of carboxylic acid groups (broad SMARTS) is 1. The summed E-state index contributed by atoms with van der Waals surface area (Å²) in [6.07, 6.45) is 11.2. The number of carbonyl (C=O) groups is 2. The van der Waals surface area contributed by atoms with Crippen molar-refractivity contribution in [3.05, 3.63) is 0 Å². The number of rotatable bonds is 2. The second-order valence-corrected chi connectivity index (χ2v) is 10.4. The van der Waals surface area contributed by atoms with Crippen LogP contribution < -0.4 is 0 Å². The van der Waals surface area contributed by atoms with Crippen LogP contribution >= 0.6 is 0 Å². The number of amides is 2. The van der Waals surface area contributed by atoms with Crippen LogP contribution in [-0.2, 0) is 4.79 Å². The fourth-order valence-corrected chi connectivity index (χ4v) is 7.84. The maximum atomic E-state index is 13.5. The summed E-state index contributed by atoms with van der Waals surface area (Å²) in [5.41, 5.74) is 0.00835. The summed E-state index contributed by atoms with van der Waals surface area (Å²) in [5, 5.41) is 9.13. The second-order valence-electron chi connectivity index (χ2n) is 10.4. The fourth-order valence-electron chi connectivity index (χ4n) is 7.84. The van der Waals surface area contributed by atoms with E-state index in [2.05, 4.69) is 4.90 Å². The first-order valence-corrected chi connectivity index (χ1v) is 11.3. The average Bonchev–Trinajstić information content (AvgIpc) is 2.66. The lowest BCUT2D eigenvalue weighted by molar-refractivity contribution is -0.159. The topological polar surface area (TPSA) is 60.9 Å². The van der Waals surface area contributed by atoms with Gasteiger partial charge in [-0.2, -0.15) is 0 Å². The maximum Gasteiger partial charge on any atom is 0.407 e. The molecule has 4 bridgehead atoms. The highest BCUT2D eigenvalue weighted by molar-refractivity contribution is 5.83. The quantitative estimate of drug-likeness (QED) is 0.799. The molecule has 6 rings (SSSR count). The number of piperidine rings is 2. The van der Waals surface area contributed by atoms with E-state index in [1.54, 1.807) is 4.90 Å². The van der Waals surface area contributed by atoms with Gasteiger partial charge in [-0.15, -0.1) is 0 Å². The highest BCUT2D eigenvalue weighted by atomic mass is 16.4. The monoisotopic (exact) mass is 374 g/mol. The Morgan fingerprint density at radius 2 is 1.11 bits per heavy atom. The molecule has 0 unspecified atom stereocenters. The normalized spacial score (nSPS) is 39.8. The average molecular weight is 375 g/mol. The second kappa shape index (κ2) is 6.66. The summed E-state index contributed by atoms with van der Waals surface area (Å²) in [6, 6.07) is 0. The lowest BCUT2D eigenvalue weighted by Gasteiger charge is -2.57. The summed E-state index contributed by atoms with van der Waals surface area (Å²) in [7, 11) is 0. The van der Waals surface area contributed by atoms with Gasteiger partial charge in [0.05, 0.1) is 5.41 Å². The van der Waals surface area contributed by atoms with Gasteiger partial charge in [0.15, 0.2) is 0 Å². The SMILES string of the molecule is O=C(O)N1CCC(C2CCN(C(=O)C34CC5CC(CC(C5)C3)C4)CC2)CC1. The van der Waals surface area contributed by atoms with Crippen molar-refractivity contribution in [2.24, 2.45) is 35.0 Å². The number of hydrogen-bond acceptors (Lipinski definition) is 2. The summed E-state index contributed by atoms with van der Waals surface area (Å²) in [6.45, 7) is 3.24. The van der Waals surface area contributed by atoms with Gasteiger partial charge in [-0.1, -0.05) is 0 Å². The van der Waals surface area contributed by atoms with Crippen molar-refractivity contribution in [2.45, 2.75) is 64.2 Å². The van der Waals surface area contributed by atoms with Crippen molar-refractivity contribution in [1.29, 1.82) is 0 Å². The third-order valence-corrected chi connectivity index (χ3v) is 8.80. The van der Waals surface area contributed by atoms with Crippen LogP contribution in [-0.4, -0.2) is 53.1 Å². The first-order chi connectivity index (χ1) is 13.0. The Morgan fingerprint density at radius 1 is 0.704 bits per heavy atom. The molecule has 150 valence electrons. The number of nitrogens with zero attached hydrogens (tertiary/aromatic N) is 2. The van der Waals surface area contributed by atoms with E-state index in [1.165, 1.54) is 38.5 Å². The van der Waals surface area contributed by atoms with Gasteiger partial charge in [0.1, 0.15) is 0 Å². The van der Waals surface area contributed by atoms with Gasteiger partial charge in [-0.25, -0.2) is 4.79 Å². The predicted molar refractivity (Wildman–Crippen MR) is 102 cm³/mol. The van der Waals surface area contributed by atoms with Crippen molar-refractivity contribution < 1.29 is 14.7 Å². The van der Waals surface area contributed by atoms with E-state index in [-0.39, 0.29) is 5.41 Å². The number of likely N-dealkylation sites (tertiary alicyclic amines) is 2. The summed E-state index contributed by atoms with van der Waals surface area (Å²) < 4.78 is 0. The predicted octanol–water partition coefficient (Wildman–Crippen LogP) is 3.83. The molecule has 0 aromatic rings. The van der Waals surface area contributed by atoms with E-state index in [4.69, 9.17) is 5.11 Å². The van der Waals surface area contributed by atoms with Gasteiger partial charge in [0, 0.05) is 26.2 Å². The zero-order valence-corrected chi connectivity index (χ0v) is 16.4. The largest absolute Gasteiger partial charge is 0.465 e. The minimum Gasteiger partial charge on any atom is -0.465 e. The van der Waals surface area contributed by atoms with E-state index in [0.717, 1.165) is 56.5 Å². The highest BCUT2D eigenvalue weighted by Crippen LogP contribution is 2.60. The summed E-state index contributed by atoms with van der Waals surface area (Å²) >= 11 is 0. The Morgan fingerprint density at radius 3 is 1.52 bits per heavy atom. The molecule has 2 heterocycles. The van der Waals surface area contributed by atoms with E-state index < -0.39 is 6.09 Å². The van der Waals surface area contributed by atoms with Crippen LogP contribution in [0.2, 0.25) is 0 Å². The molecule has 6 fully saturated rings. The molecule has 2 aliphatic heterocycles. The highest BCUT2D eigenvalue weighted by Gasteiger charge is 2.55. The molecule has 0 spiro atoms. The molecule has 4 saturated carbocycles. The standard InChI is InChI=1S/C22H34N2O3/c25-20(22-12-15-9-16(13-22)11-17(10-15)14-22)23-5-1-18(2-6-23)19-3-7-24(8-4-19)21(26)27/h15-19H,1-14H2,(H,26,27). The lowest BCUT2D eigenvalue weighted by Crippen LogP contribution is -2.56. The maximum absolute atomic E-state index is 13.5. The minimum atomic E-state index is -0.774. The van der Waals surface area contributed by atoms with Crippen LogP contribution in [0.4, 0.5) is 4.79 Å². The summed E-state index contributed by atoms with van der Waals surface area (Å²) in [5.74, 6) is 4.32. The van der Waals surface area contributed by atoms with Gasteiger partial charge < -0.3 is 14.9 Å². The van der Waals surface area contributed by atoms with Gasteiger partial charge >= 0.3 is 6.09 Å². The Bertz CT molecular complexity index is 567. The van der Waals surface area contributed by atoms with Crippen molar-refractivity contribution >= 4 is 12.0 Å². The molecule has 1 N–H and O–H groups in total. The molecule has 2 amide bonds. The number of carbonyl (C=O) groups excluding carboxylic acids is 1. The molecular formula is C22H34N2O3. The van der Waals surface area contributed by atoms with Crippen molar-refractivity contribution in [3.8, 4) is 0 Å². The van der Waals surface area contributed by atoms with Gasteiger partial charge in [0.25, 0.3) is 0 Å². The molecule has 2 saturated heterocycles. The Kier molecular flexibility index (Phi) is 4.40. The van der Waals surface area contributed by atoms with Crippen LogP contribution in [0.15, 0.2) is 0 Å². The van der Waals surface area contributed by atoms with Crippen LogP contribution in [0, 0.1) is 35.0 Å². The van der Waals surface area contributed by atoms with Gasteiger partial charge in [-0.3, -0.25) is 4.79 Å². The molecule has 4 aliphatic carbocycles. The van der Waals surface area contributed by atoms with Crippen LogP contribution in [0.1, 0.15) is 64.2 Å². The first kappa shape index (κ1) is 17.8. The van der Waals surface area contributed by atoms with Crippen molar-refractivity contribution in [1.82, 2.24) is 9.80 Å². The molecule has 6 aliphatic rings. The van der Waals surface area contributed by atoms with E-state index in [1.807, 2.05) is 0 Å². The zero-order chi connectivity index (χ0) is 18.6. The molecule has 0 aromatic carbocycles. The third kappa shape index (κ3) is 3.15. The fraction of sp³-hybridized carbons (Fsp3) is 0.909. The summed E-state index contributed by atoms with van der Waals surface area (Å²) in [4.78, 5) is 28.4. The van der Waals surface area contributed by atoms with Crippen molar-refractivity contribution in [2.75, 3.05) is 26.2 Å². The van der Waals surface area contributed by atoms with Crippen LogP contribution in [0.25, 0.3) is 0 Å². The molecular weight excluding hydrogens is 340 g/mol. The number of hydrogen-bond donors (Lipinski definition) is 1. The molecule has 0 atom stereocenters. The molecule has 27 heavy (non-hydrogen) atoms. The van der Waals surface area contributed by atoms with Gasteiger partial charge in [0.2, 0.25) is 5.91 Å². The molecule has 5 heteroatoms. The Hall–Kier alpha value is -1.26. The molecule has 0 aromatic heterocycles. The van der Waals surface area contributed by atoms with Gasteiger partial charge in [-0.05, 0) is 93.8 Å². The van der Waals surface area contributed by atoms with Crippen molar-refractivity contribution in [3.63, 3.8) is 0 Å². The third-order valence-electron chi connectivity index (χ3n) is 8.80. The molecule has 5 nitrogen and oxygen atoms in total. The van der Waals surface area contributed by atoms with E-state index in [0.29, 0.717) is 30.8 Å². The smallest absolute Gasteiger partial charge is 0.407 e. The lowest BCUT2D eigenvalue weighted by atomic mass is 9.49.